The van der Waals surface area contributed by atoms with Crippen LogP contribution in [0.1, 0.15) is 34.1 Å². The van der Waals surface area contributed by atoms with Crippen LogP contribution in [0.25, 0.3) is 0 Å². The molecule has 1 spiro atoms. The molecule has 0 aromatic heterocycles. The fourth-order valence-corrected chi connectivity index (χ4v) is 7.46. The summed E-state index contributed by atoms with van der Waals surface area (Å²) in [4.78, 5) is 11.9. The van der Waals surface area contributed by atoms with Crippen molar-refractivity contribution in [3.05, 3.63) is 24.5 Å². The minimum absolute atomic E-state index is 0.0165. The molecule has 23 heavy (non-hydrogen) atoms. The molecule has 0 radical (unpaired) electrons. The fourth-order valence-electron chi connectivity index (χ4n) is 4.60. The topological polar surface area (TPSA) is 44.8 Å². The molecule has 5 heteroatoms. The zero-order valence-corrected chi connectivity index (χ0v) is 15.6. The first-order chi connectivity index (χ1) is 10.9. The molecule has 4 aliphatic rings. The number of esters is 1. The van der Waals surface area contributed by atoms with Gasteiger partial charge in [-0.25, -0.2) is 4.79 Å². The molecule has 128 valence electrons. The maximum absolute atomic E-state index is 11.9. The molecule has 3 heterocycles. The van der Waals surface area contributed by atoms with Crippen molar-refractivity contribution in [3.8, 4) is 0 Å². The number of hydrogen-bond donors (Lipinski definition) is 0. The molecule has 5 atom stereocenters. The number of ether oxygens (including phenoxy) is 2. The van der Waals surface area contributed by atoms with E-state index in [0.29, 0.717) is 11.7 Å². The summed E-state index contributed by atoms with van der Waals surface area (Å²) in [5.74, 6) is 0.667. The van der Waals surface area contributed by atoms with Gasteiger partial charge in [0, 0.05) is 6.42 Å². The lowest BCUT2D eigenvalue weighted by molar-refractivity contribution is -0.217. The molecule has 0 N–H and O–H groups in total. The molecule has 0 aromatic carbocycles. The number of carbonyl (C=O) groups is 1. The summed E-state index contributed by atoms with van der Waals surface area (Å²) in [5.41, 5.74) is -0.687. The third-order valence-corrected chi connectivity index (χ3v) is 10.8. The molecular weight excluding hydrogens is 308 g/mol. The van der Waals surface area contributed by atoms with E-state index in [4.69, 9.17) is 13.9 Å². The first kappa shape index (κ1) is 16.8. The Morgan fingerprint density at radius 3 is 2.61 bits per heavy atom. The summed E-state index contributed by atoms with van der Waals surface area (Å²) in [6, 6.07) is 3.28. The molecule has 3 aliphatic heterocycles. The summed E-state index contributed by atoms with van der Waals surface area (Å²) < 4.78 is 18.7. The highest BCUT2D eigenvalue weighted by Gasteiger charge is 2.65. The van der Waals surface area contributed by atoms with Crippen molar-refractivity contribution in [2.75, 3.05) is 0 Å². The van der Waals surface area contributed by atoms with Gasteiger partial charge in [0.05, 0.1) is 18.1 Å². The smallest absolute Gasteiger partial charge is 0.335 e. The van der Waals surface area contributed by atoms with Crippen molar-refractivity contribution in [3.63, 3.8) is 0 Å². The Morgan fingerprint density at radius 2 is 2.04 bits per heavy atom. The maximum Gasteiger partial charge on any atom is 0.335 e. The van der Waals surface area contributed by atoms with Crippen LogP contribution in [-0.4, -0.2) is 32.1 Å². The van der Waals surface area contributed by atoms with Gasteiger partial charge in [-0.1, -0.05) is 33.8 Å². The highest BCUT2D eigenvalue weighted by molar-refractivity contribution is 6.73. The van der Waals surface area contributed by atoms with Gasteiger partial charge in [0.15, 0.2) is 13.9 Å². The van der Waals surface area contributed by atoms with E-state index < -0.39 is 13.9 Å². The Balaban J connectivity index is 1.97. The van der Waals surface area contributed by atoms with Crippen LogP contribution in [0.2, 0.25) is 18.1 Å². The highest BCUT2D eigenvalue weighted by Crippen LogP contribution is 2.55. The largest absolute Gasteiger partial charge is 0.487 e. The van der Waals surface area contributed by atoms with Crippen molar-refractivity contribution in [2.24, 2.45) is 11.8 Å². The predicted octanol–water partition coefficient (Wildman–Crippen LogP) is 3.80. The van der Waals surface area contributed by atoms with E-state index in [0.717, 1.165) is 24.6 Å². The second kappa shape index (κ2) is 5.78. The van der Waals surface area contributed by atoms with Crippen molar-refractivity contribution >= 4 is 14.3 Å². The van der Waals surface area contributed by atoms with E-state index in [1.807, 2.05) is 6.08 Å². The summed E-state index contributed by atoms with van der Waals surface area (Å²) in [7, 11) is -1.78. The third kappa shape index (κ3) is 2.31. The minimum Gasteiger partial charge on any atom is -0.487 e. The van der Waals surface area contributed by atoms with Crippen LogP contribution in [0.3, 0.4) is 0 Å². The van der Waals surface area contributed by atoms with Gasteiger partial charge in [-0.2, -0.15) is 0 Å². The highest BCUT2D eigenvalue weighted by atomic mass is 28.4. The standard InChI is InChI=1S/C18H28O4Si/c1-6-13-17(22-23(7-2,8-3)9-4)16-12(5)11-18(13)14(20-16)10-15(19)21-18/h6,10,12-13,16-17H,1,7-9,11H2,2-5H3/t12-,13+,16-,17-,18-/m1/s1. The Morgan fingerprint density at radius 1 is 1.39 bits per heavy atom. The van der Waals surface area contributed by atoms with Crippen LogP contribution in [0.5, 0.6) is 0 Å². The van der Waals surface area contributed by atoms with E-state index >= 15 is 0 Å². The number of carbonyl (C=O) groups excluding carboxylic acids is 1. The van der Waals surface area contributed by atoms with Crippen molar-refractivity contribution < 1.29 is 18.7 Å². The summed E-state index contributed by atoms with van der Waals surface area (Å²) >= 11 is 0. The Bertz CT molecular complexity index is 531. The molecule has 3 fully saturated rings. The van der Waals surface area contributed by atoms with Crippen LogP contribution in [-0.2, 0) is 18.7 Å². The van der Waals surface area contributed by atoms with Gasteiger partial charge in [0.2, 0.25) is 0 Å². The van der Waals surface area contributed by atoms with Gasteiger partial charge in [-0.15, -0.1) is 6.58 Å². The first-order valence-corrected chi connectivity index (χ1v) is 11.4. The first-order valence-electron chi connectivity index (χ1n) is 8.87. The van der Waals surface area contributed by atoms with Gasteiger partial charge >= 0.3 is 5.97 Å². The lowest BCUT2D eigenvalue weighted by atomic mass is 9.65. The molecule has 0 amide bonds. The van der Waals surface area contributed by atoms with Crippen LogP contribution in [0.15, 0.2) is 24.5 Å². The van der Waals surface area contributed by atoms with Crippen LogP contribution < -0.4 is 0 Å². The fraction of sp³-hybridized carbons (Fsp3) is 0.722. The Hall–Kier alpha value is -1.07. The quantitative estimate of drug-likeness (QED) is 0.420. The second-order valence-electron chi connectivity index (χ2n) is 7.17. The molecule has 1 saturated carbocycles. The van der Waals surface area contributed by atoms with Gasteiger partial charge < -0.3 is 13.9 Å². The normalized spacial score (nSPS) is 38.6. The monoisotopic (exact) mass is 336 g/mol. The zero-order chi connectivity index (χ0) is 16.8. The molecule has 0 unspecified atom stereocenters. The van der Waals surface area contributed by atoms with Crippen molar-refractivity contribution in [1.82, 2.24) is 0 Å². The molecule has 2 saturated heterocycles. The van der Waals surface area contributed by atoms with E-state index in [1.54, 1.807) is 0 Å². The zero-order valence-electron chi connectivity index (χ0n) is 14.6. The predicted molar refractivity (Wildman–Crippen MR) is 91.3 cm³/mol. The molecule has 4 nitrogen and oxygen atoms in total. The van der Waals surface area contributed by atoms with Gasteiger partial charge in [-0.3, -0.25) is 0 Å². The number of rotatable bonds is 6. The average Bonchev–Trinajstić information content (AvgIpc) is 2.87. The van der Waals surface area contributed by atoms with Gasteiger partial charge in [0.25, 0.3) is 0 Å². The van der Waals surface area contributed by atoms with Gasteiger partial charge in [0.1, 0.15) is 11.9 Å². The Kier molecular flexibility index (Phi) is 4.21. The molecule has 0 aromatic rings. The molecule has 1 aliphatic carbocycles. The number of hydrogen-bond acceptors (Lipinski definition) is 4. The van der Waals surface area contributed by atoms with E-state index in [1.165, 1.54) is 6.08 Å². The van der Waals surface area contributed by atoms with Crippen molar-refractivity contribution in [1.29, 1.82) is 0 Å². The van der Waals surface area contributed by atoms with Gasteiger partial charge in [-0.05, 0) is 24.1 Å². The van der Waals surface area contributed by atoms with Crippen LogP contribution in [0, 0.1) is 11.8 Å². The van der Waals surface area contributed by atoms with Crippen LogP contribution in [0.4, 0.5) is 0 Å². The lowest BCUT2D eigenvalue weighted by Gasteiger charge is -2.57. The Labute approximate surface area is 140 Å². The molecule has 4 rings (SSSR count). The summed E-state index contributed by atoms with van der Waals surface area (Å²) in [5, 5.41) is 0. The second-order valence-corrected chi connectivity index (χ2v) is 11.9. The van der Waals surface area contributed by atoms with E-state index in [9.17, 15) is 4.79 Å². The lowest BCUT2D eigenvalue weighted by Crippen LogP contribution is -2.65. The molecular formula is C18H28O4Si. The summed E-state index contributed by atoms with van der Waals surface area (Å²) in [6.07, 6.45) is 4.14. The van der Waals surface area contributed by atoms with Crippen molar-refractivity contribution in [2.45, 2.75) is 70.1 Å². The average molecular weight is 337 g/mol. The van der Waals surface area contributed by atoms with E-state index in [-0.39, 0.29) is 24.1 Å². The third-order valence-electron chi connectivity index (χ3n) is 6.19. The maximum atomic E-state index is 11.9. The number of fused-ring (bicyclic) bond motifs is 2. The van der Waals surface area contributed by atoms with E-state index in [2.05, 4.69) is 34.3 Å². The minimum atomic E-state index is -1.78. The summed E-state index contributed by atoms with van der Waals surface area (Å²) in [6.45, 7) is 12.9. The van der Waals surface area contributed by atoms with Crippen LogP contribution >= 0.6 is 0 Å². The molecule has 2 bridgehead atoms. The SMILES string of the molecule is C=C[C@H]1[C@@H](O[Si](CC)(CC)CC)[C@@H]2OC3=CC(=O)O[C@@]31C[C@H]2C.